The van der Waals surface area contributed by atoms with E-state index in [1.807, 2.05) is 24.3 Å². The Hall–Kier alpha value is -1.06. The predicted octanol–water partition coefficient (Wildman–Crippen LogP) is 2.94. The van der Waals surface area contributed by atoms with Gasteiger partial charge in [0.2, 0.25) is 0 Å². The van der Waals surface area contributed by atoms with E-state index in [1.165, 1.54) is 12.7 Å². The Kier molecular flexibility index (Phi) is 6.01. The second-order valence-electron chi connectivity index (χ2n) is 3.91. The SMILES string of the molecule is COC(=O)CCCNC(C)c1ccc(Cl)cc1. The van der Waals surface area contributed by atoms with Crippen LogP contribution < -0.4 is 5.32 Å². The molecule has 0 spiro atoms. The summed E-state index contributed by atoms with van der Waals surface area (Å²) in [5.74, 6) is -0.161. The highest BCUT2D eigenvalue weighted by molar-refractivity contribution is 6.30. The van der Waals surface area contributed by atoms with Crippen molar-refractivity contribution in [3.63, 3.8) is 0 Å². The first-order valence-corrected chi connectivity index (χ1v) is 6.07. The van der Waals surface area contributed by atoms with Gasteiger partial charge in [-0.25, -0.2) is 0 Å². The van der Waals surface area contributed by atoms with E-state index >= 15 is 0 Å². The number of carbonyl (C=O) groups is 1. The van der Waals surface area contributed by atoms with Crippen LogP contribution in [0.3, 0.4) is 0 Å². The van der Waals surface area contributed by atoms with Crippen molar-refractivity contribution in [2.24, 2.45) is 0 Å². The van der Waals surface area contributed by atoms with Crippen molar-refractivity contribution in [2.75, 3.05) is 13.7 Å². The van der Waals surface area contributed by atoms with Crippen molar-refractivity contribution < 1.29 is 9.53 Å². The molecular formula is C13H18ClNO2. The summed E-state index contributed by atoms with van der Waals surface area (Å²) in [6, 6.07) is 8.01. The van der Waals surface area contributed by atoms with Gasteiger partial charge in [0.1, 0.15) is 0 Å². The molecule has 0 aliphatic heterocycles. The Morgan fingerprint density at radius 1 is 1.41 bits per heavy atom. The number of hydrogen-bond donors (Lipinski definition) is 1. The second-order valence-corrected chi connectivity index (χ2v) is 4.34. The molecule has 1 aromatic carbocycles. The molecule has 1 N–H and O–H groups in total. The Morgan fingerprint density at radius 3 is 2.65 bits per heavy atom. The first-order valence-electron chi connectivity index (χ1n) is 5.69. The van der Waals surface area contributed by atoms with Gasteiger partial charge in [-0.1, -0.05) is 23.7 Å². The zero-order valence-electron chi connectivity index (χ0n) is 10.2. The first-order chi connectivity index (χ1) is 8.13. The van der Waals surface area contributed by atoms with Crippen molar-refractivity contribution >= 4 is 17.6 Å². The van der Waals surface area contributed by atoms with Gasteiger partial charge in [0, 0.05) is 17.5 Å². The summed E-state index contributed by atoms with van der Waals surface area (Å²) in [4.78, 5) is 10.9. The molecule has 3 nitrogen and oxygen atoms in total. The first kappa shape index (κ1) is 14.0. The molecule has 1 atom stereocenters. The van der Waals surface area contributed by atoms with Crippen LogP contribution in [0.25, 0.3) is 0 Å². The summed E-state index contributed by atoms with van der Waals surface area (Å²) in [6.45, 7) is 2.88. The fourth-order valence-corrected chi connectivity index (χ4v) is 1.65. The molecule has 0 bridgehead atoms. The van der Waals surface area contributed by atoms with Crippen LogP contribution in [0, 0.1) is 0 Å². The van der Waals surface area contributed by atoms with Gasteiger partial charge in [-0.3, -0.25) is 4.79 Å². The number of ether oxygens (including phenoxy) is 1. The van der Waals surface area contributed by atoms with Gasteiger partial charge >= 0.3 is 5.97 Å². The van der Waals surface area contributed by atoms with E-state index in [1.54, 1.807) is 0 Å². The quantitative estimate of drug-likeness (QED) is 0.627. The zero-order valence-corrected chi connectivity index (χ0v) is 11.0. The largest absolute Gasteiger partial charge is 0.469 e. The number of nitrogens with one attached hydrogen (secondary N) is 1. The van der Waals surface area contributed by atoms with Crippen LogP contribution in [-0.2, 0) is 9.53 Å². The van der Waals surface area contributed by atoms with E-state index in [0.29, 0.717) is 6.42 Å². The lowest BCUT2D eigenvalue weighted by Crippen LogP contribution is -2.20. The maximum atomic E-state index is 10.9. The van der Waals surface area contributed by atoms with E-state index in [9.17, 15) is 4.79 Å². The predicted molar refractivity (Wildman–Crippen MR) is 69.1 cm³/mol. The molecule has 0 saturated heterocycles. The molecule has 0 aromatic heterocycles. The summed E-state index contributed by atoms with van der Waals surface area (Å²) in [7, 11) is 1.41. The smallest absolute Gasteiger partial charge is 0.305 e. The lowest BCUT2D eigenvalue weighted by Gasteiger charge is -2.13. The van der Waals surface area contributed by atoms with E-state index in [-0.39, 0.29) is 12.0 Å². The number of esters is 1. The molecule has 0 aliphatic rings. The maximum Gasteiger partial charge on any atom is 0.305 e. The summed E-state index contributed by atoms with van der Waals surface area (Å²) in [5, 5.41) is 4.09. The highest BCUT2D eigenvalue weighted by atomic mass is 35.5. The molecule has 0 amide bonds. The minimum absolute atomic E-state index is 0.161. The Balaban J connectivity index is 2.27. The van der Waals surface area contributed by atoms with Crippen molar-refractivity contribution in [1.29, 1.82) is 0 Å². The van der Waals surface area contributed by atoms with Crippen LogP contribution in [-0.4, -0.2) is 19.6 Å². The van der Waals surface area contributed by atoms with Crippen LogP contribution in [0.1, 0.15) is 31.4 Å². The minimum atomic E-state index is -0.161. The number of rotatable bonds is 6. The van der Waals surface area contributed by atoms with Crippen molar-refractivity contribution in [2.45, 2.75) is 25.8 Å². The molecule has 0 aliphatic carbocycles. The zero-order chi connectivity index (χ0) is 12.7. The third-order valence-electron chi connectivity index (χ3n) is 2.61. The van der Waals surface area contributed by atoms with Crippen molar-refractivity contribution in [3.8, 4) is 0 Å². The highest BCUT2D eigenvalue weighted by Gasteiger charge is 2.05. The molecule has 4 heteroatoms. The number of halogens is 1. The van der Waals surface area contributed by atoms with Gasteiger partial charge < -0.3 is 10.1 Å². The molecule has 1 rings (SSSR count). The topological polar surface area (TPSA) is 38.3 Å². The molecule has 17 heavy (non-hydrogen) atoms. The summed E-state index contributed by atoms with van der Waals surface area (Å²) in [6.07, 6.45) is 1.24. The lowest BCUT2D eigenvalue weighted by molar-refractivity contribution is -0.140. The van der Waals surface area contributed by atoms with Gasteiger partial charge in [-0.15, -0.1) is 0 Å². The van der Waals surface area contributed by atoms with E-state index in [2.05, 4.69) is 17.0 Å². The lowest BCUT2D eigenvalue weighted by atomic mass is 10.1. The van der Waals surface area contributed by atoms with Gasteiger partial charge in [0.25, 0.3) is 0 Å². The fourth-order valence-electron chi connectivity index (χ4n) is 1.52. The third kappa shape index (κ3) is 5.20. The number of benzene rings is 1. The van der Waals surface area contributed by atoms with Crippen molar-refractivity contribution in [1.82, 2.24) is 5.32 Å². The minimum Gasteiger partial charge on any atom is -0.469 e. The van der Waals surface area contributed by atoms with Gasteiger partial charge in [0.15, 0.2) is 0 Å². The van der Waals surface area contributed by atoms with Gasteiger partial charge in [-0.2, -0.15) is 0 Å². The summed E-state index contributed by atoms with van der Waals surface area (Å²) >= 11 is 5.82. The van der Waals surface area contributed by atoms with Crippen LogP contribution in [0.2, 0.25) is 5.02 Å². The van der Waals surface area contributed by atoms with Crippen molar-refractivity contribution in [3.05, 3.63) is 34.9 Å². The summed E-state index contributed by atoms with van der Waals surface area (Å²) in [5.41, 5.74) is 1.19. The van der Waals surface area contributed by atoms with Crippen LogP contribution in [0.15, 0.2) is 24.3 Å². The highest BCUT2D eigenvalue weighted by Crippen LogP contribution is 2.15. The normalized spacial score (nSPS) is 12.2. The molecule has 94 valence electrons. The maximum absolute atomic E-state index is 10.9. The second kappa shape index (κ2) is 7.30. The molecule has 0 fully saturated rings. The van der Waals surface area contributed by atoms with E-state index in [4.69, 9.17) is 11.6 Å². The van der Waals surface area contributed by atoms with Crippen LogP contribution in [0.5, 0.6) is 0 Å². The molecule has 1 aromatic rings. The van der Waals surface area contributed by atoms with E-state index < -0.39 is 0 Å². The van der Waals surface area contributed by atoms with E-state index in [0.717, 1.165) is 18.0 Å². The van der Waals surface area contributed by atoms with Gasteiger partial charge in [-0.05, 0) is 37.6 Å². The molecule has 0 radical (unpaired) electrons. The standard InChI is InChI=1S/C13H18ClNO2/c1-10(11-5-7-12(14)8-6-11)15-9-3-4-13(16)17-2/h5-8,10,15H,3-4,9H2,1-2H3. The Bertz CT molecular complexity index is 351. The molecular weight excluding hydrogens is 238 g/mol. The third-order valence-corrected chi connectivity index (χ3v) is 2.86. The summed E-state index contributed by atoms with van der Waals surface area (Å²) < 4.78 is 4.57. The molecule has 0 heterocycles. The number of hydrogen-bond acceptors (Lipinski definition) is 3. The fraction of sp³-hybridized carbons (Fsp3) is 0.462. The number of carbonyl (C=O) groups excluding carboxylic acids is 1. The molecule has 0 saturated carbocycles. The van der Waals surface area contributed by atoms with Crippen LogP contribution >= 0.6 is 11.6 Å². The number of methoxy groups -OCH3 is 1. The average molecular weight is 256 g/mol. The van der Waals surface area contributed by atoms with Crippen LogP contribution in [0.4, 0.5) is 0 Å². The van der Waals surface area contributed by atoms with Gasteiger partial charge in [0.05, 0.1) is 7.11 Å². The molecule has 1 unspecified atom stereocenters. The monoisotopic (exact) mass is 255 g/mol. The Labute approximate surface area is 107 Å². The average Bonchev–Trinajstić information content (AvgIpc) is 2.34. The Morgan fingerprint density at radius 2 is 2.06 bits per heavy atom.